The van der Waals surface area contributed by atoms with E-state index in [1.54, 1.807) is 7.11 Å². The van der Waals surface area contributed by atoms with Crippen molar-refractivity contribution in [3.8, 4) is 5.75 Å². The zero-order valence-electron chi connectivity index (χ0n) is 9.16. The molecule has 15 heavy (non-hydrogen) atoms. The van der Waals surface area contributed by atoms with Crippen LogP contribution in [0.5, 0.6) is 5.75 Å². The minimum atomic E-state index is 0.852. The Morgan fingerprint density at radius 1 is 1.20 bits per heavy atom. The molecule has 2 rings (SSSR count). The van der Waals surface area contributed by atoms with E-state index in [0.29, 0.717) is 0 Å². The number of nitrogens with zero attached hydrogens (tertiary/aromatic N) is 1. The lowest BCUT2D eigenvalue weighted by atomic mass is 10.1. The summed E-state index contributed by atoms with van der Waals surface area (Å²) in [5, 5.41) is 1.13. The molecule has 0 aliphatic heterocycles. The van der Waals surface area contributed by atoms with Gasteiger partial charge in [-0.15, -0.1) is 0 Å². The van der Waals surface area contributed by atoms with Crippen molar-refractivity contribution in [2.45, 2.75) is 19.8 Å². The van der Waals surface area contributed by atoms with Gasteiger partial charge in [0.2, 0.25) is 0 Å². The monoisotopic (exact) mass is 201 g/mol. The fourth-order valence-electron chi connectivity index (χ4n) is 1.72. The smallest absolute Gasteiger partial charge is 0.145 e. The average molecular weight is 201 g/mol. The van der Waals surface area contributed by atoms with Crippen LogP contribution >= 0.6 is 0 Å². The number of methoxy groups -OCH3 is 1. The second kappa shape index (κ2) is 4.30. The Hall–Kier alpha value is -1.57. The number of hydrogen-bond acceptors (Lipinski definition) is 2. The topological polar surface area (TPSA) is 22.1 Å². The Bertz CT molecular complexity index is 465. The summed E-state index contributed by atoms with van der Waals surface area (Å²) in [5.74, 6) is 0.852. The molecule has 2 nitrogen and oxygen atoms in total. The first-order valence-electron chi connectivity index (χ1n) is 5.27. The summed E-state index contributed by atoms with van der Waals surface area (Å²) in [6.45, 7) is 2.16. The van der Waals surface area contributed by atoms with Gasteiger partial charge in [-0.1, -0.05) is 31.5 Å². The number of benzene rings is 1. The van der Waals surface area contributed by atoms with Crippen molar-refractivity contribution in [3.63, 3.8) is 0 Å². The summed E-state index contributed by atoms with van der Waals surface area (Å²) >= 11 is 0. The summed E-state index contributed by atoms with van der Waals surface area (Å²) in [7, 11) is 1.68. The van der Waals surface area contributed by atoms with Gasteiger partial charge in [-0.05, 0) is 18.6 Å². The molecule has 0 atom stereocenters. The highest BCUT2D eigenvalue weighted by Crippen LogP contribution is 2.23. The zero-order valence-corrected chi connectivity index (χ0v) is 9.16. The van der Waals surface area contributed by atoms with Gasteiger partial charge in [-0.25, -0.2) is 4.98 Å². The first kappa shape index (κ1) is 9.97. The molecule has 0 spiro atoms. The number of pyridine rings is 1. The van der Waals surface area contributed by atoms with Crippen LogP contribution in [0.3, 0.4) is 0 Å². The van der Waals surface area contributed by atoms with Gasteiger partial charge in [0.15, 0.2) is 0 Å². The number of rotatable bonds is 3. The Morgan fingerprint density at radius 2 is 2.07 bits per heavy atom. The molecule has 1 aromatic heterocycles. The Balaban J connectivity index is 2.57. The molecule has 0 aliphatic carbocycles. The Labute approximate surface area is 89.9 Å². The van der Waals surface area contributed by atoms with Crippen LogP contribution < -0.4 is 4.74 Å². The molecule has 0 unspecified atom stereocenters. The molecule has 0 amide bonds. The summed E-state index contributed by atoms with van der Waals surface area (Å²) in [5.41, 5.74) is 2.10. The lowest BCUT2D eigenvalue weighted by Crippen LogP contribution is -1.92. The van der Waals surface area contributed by atoms with Gasteiger partial charge >= 0.3 is 0 Å². The molecule has 0 saturated carbocycles. The fourth-order valence-corrected chi connectivity index (χ4v) is 1.72. The molecular weight excluding hydrogens is 186 g/mol. The summed E-state index contributed by atoms with van der Waals surface area (Å²) in [6, 6.07) is 10.2. The largest absolute Gasteiger partial charge is 0.494 e. The highest BCUT2D eigenvalue weighted by molar-refractivity contribution is 5.84. The molecule has 2 aromatic rings. The third-order valence-electron chi connectivity index (χ3n) is 2.47. The molecule has 78 valence electrons. The SMILES string of the molecule is CCCc1ccc2cccc(OC)c2n1. The van der Waals surface area contributed by atoms with E-state index in [-0.39, 0.29) is 0 Å². The average Bonchev–Trinajstić information content (AvgIpc) is 2.28. The van der Waals surface area contributed by atoms with Gasteiger partial charge in [0.25, 0.3) is 0 Å². The molecular formula is C13H15NO. The van der Waals surface area contributed by atoms with Crippen LogP contribution in [0.1, 0.15) is 19.0 Å². The van der Waals surface area contributed by atoms with Crippen LogP contribution in [0.15, 0.2) is 30.3 Å². The van der Waals surface area contributed by atoms with Crippen molar-refractivity contribution in [2.24, 2.45) is 0 Å². The van der Waals surface area contributed by atoms with Gasteiger partial charge in [0.1, 0.15) is 11.3 Å². The minimum absolute atomic E-state index is 0.852. The van der Waals surface area contributed by atoms with Crippen LogP contribution in [0.2, 0.25) is 0 Å². The van der Waals surface area contributed by atoms with Gasteiger partial charge in [-0.2, -0.15) is 0 Å². The summed E-state index contributed by atoms with van der Waals surface area (Å²) in [4.78, 5) is 4.61. The lowest BCUT2D eigenvalue weighted by Gasteiger charge is -2.06. The first-order chi connectivity index (χ1) is 7.35. The standard InChI is InChI=1S/C13H15NO/c1-3-5-11-9-8-10-6-4-7-12(15-2)13(10)14-11/h4,6-9H,3,5H2,1-2H3. The van der Waals surface area contributed by atoms with E-state index in [9.17, 15) is 0 Å². The normalized spacial score (nSPS) is 10.5. The molecule has 1 heterocycles. The van der Waals surface area contributed by atoms with E-state index >= 15 is 0 Å². The third-order valence-corrected chi connectivity index (χ3v) is 2.47. The van der Waals surface area contributed by atoms with E-state index in [1.807, 2.05) is 12.1 Å². The zero-order chi connectivity index (χ0) is 10.7. The van der Waals surface area contributed by atoms with Crippen LogP contribution in [-0.4, -0.2) is 12.1 Å². The highest BCUT2D eigenvalue weighted by Gasteiger charge is 2.03. The van der Waals surface area contributed by atoms with Crippen LogP contribution in [0.25, 0.3) is 10.9 Å². The molecule has 0 fully saturated rings. The molecule has 1 aromatic carbocycles. The first-order valence-corrected chi connectivity index (χ1v) is 5.27. The van der Waals surface area contributed by atoms with Crippen molar-refractivity contribution >= 4 is 10.9 Å². The van der Waals surface area contributed by atoms with Crippen molar-refractivity contribution in [1.82, 2.24) is 4.98 Å². The molecule has 0 saturated heterocycles. The van der Waals surface area contributed by atoms with E-state index < -0.39 is 0 Å². The number of hydrogen-bond donors (Lipinski definition) is 0. The van der Waals surface area contributed by atoms with Gasteiger partial charge in [0, 0.05) is 11.1 Å². The number of fused-ring (bicyclic) bond motifs is 1. The van der Waals surface area contributed by atoms with E-state index in [1.165, 1.54) is 0 Å². The second-order valence-corrected chi connectivity index (χ2v) is 3.58. The van der Waals surface area contributed by atoms with Crippen LogP contribution in [0.4, 0.5) is 0 Å². The predicted octanol–water partition coefficient (Wildman–Crippen LogP) is 3.20. The summed E-state index contributed by atoms with van der Waals surface area (Å²) < 4.78 is 5.30. The lowest BCUT2D eigenvalue weighted by molar-refractivity contribution is 0.419. The summed E-state index contributed by atoms with van der Waals surface area (Å²) in [6.07, 6.45) is 2.14. The van der Waals surface area contributed by atoms with E-state index in [2.05, 4.69) is 30.1 Å². The molecule has 0 radical (unpaired) electrons. The van der Waals surface area contributed by atoms with Crippen molar-refractivity contribution in [2.75, 3.05) is 7.11 Å². The number of para-hydroxylation sites is 1. The molecule has 0 N–H and O–H groups in total. The van der Waals surface area contributed by atoms with Crippen LogP contribution in [-0.2, 0) is 6.42 Å². The van der Waals surface area contributed by atoms with E-state index in [0.717, 1.165) is 35.2 Å². The fraction of sp³-hybridized carbons (Fsp3) is 0.308. The Kier molecular flexibility index (Phi) is 2.86. The molecule has 0 bridgehead atoms. The predicted molar refractivity (Wildman–Crippen MR) is 62.3 cm³/mol. The third kappa shape index (κ3) is 1.94. The number of aromatic nitrogens is 1. The highest BCUT2D eigenvalue weighted by atomic mass is 16.5. The van der Waals surface area contributed by atoms with Gasteiger partial charge in [0.05, 0.1) is 7.11 Å². The molecule has 0 aliphatic rings. The molecule has 2 heteroatoms. The van der Waals surface area contributed by atoms with Crippen molar-refractivity contribution in [3.05, 3.63) is 36.0 Å². The number of aryl methyl sites for hydroxylation is 1. The second-order valence-electron chi connectivity index (χ2n) is 3.58. The maximum atomic E-state index is 5.30. The van der Waals surface area contributed by atoms with Crippen LogP contribution in [0, 0.1) is 0 Å². The quantitative estimate of drug-likeness (QED) is 0.760. The minimum Gasteiger partial charge on any atom is -0.494 e. The maximum Gasteiger partial charge on any atom is 0.145 e. The Morgan fingerprint density at radius 3 is 2.80 bits per heavy atom. The number of ether oxygens (including phenoxy) is 1. The maximum absolute atomic E-state index is 5.30. The van der Waals surface area contributed by atoms with Gasteiger partial charge in [-0.3, -0.25) is 0 Å². The van der Waals surface area contributed by atoms with Gasteiger partial charge < -0.3 is 4.74 Å². The van der Waals surface area contributed by atoms with Crippen molar-refractivity contribution in [1.29, 1.82) is 0 Å². The van der Waals surface area contributed by atoms with E-state index in [4.69, 9.17) is 4.74 Å². The van der Waals surface area contributed by atoms with Crippen molar-refractivity contribution < 1.29 is 4.74 Å².